The largest absolute Gasteiger partial charge is 0.466 e. The van der Waals surface area contributed by atoms with Crippen LogP contribution in [0.25, 0.3) is 0 Å². The number of hydrogen-bond acceptors (Lipinski definition) is 9. The minimum atomic E-state index is -3.56. The lowest BCUT2D eigenvalue weighted by molar-refractivity contribution is -0.280. The molecule has 1 saturated carbocycles. The van der Waals surface area contributed by atoms with E-state index >= 15 is 0 Å². The first-order valence-corrected chi connectivity index (χ1v) is 15.0. The van der Waals surface area contributed by atoms with Gasteiger partial charge < -0.3 is 14.2 Å². The number of likely N-dealkylation sites (tertiary alicyclic amines) is 1. The molecule has 1 unspecified atom stereocenters. The van der Waals surface area contributed by atoms with Crippen LogP contribution in [0.4, 0.5) is 0 Å². The van der Waals surface area contributed by atoms with E-state index in [9.17, 15) is 18.0 Å². The number of rotatable bonds is 9. The van der Waals surface area contributed by atoms with Gasteiger partial charge in [-0.05, 0) is 66.2 Å². The molecule has 3 aliphatic rings. The van der Waals surface area contributed by atoms with Crippen LogP contribution in [0.15, 0.2) is 0 Å². The summed E-state index contributed by atoms with van der Waals surface area (Å²) >= 11 is 0. The molecule has 37 heavy (non-hydrogen) atoms. The molecule has 1 atom stereocenters. The number of carbonyl (C=O) groups is 2. The van der Waals surface area contributed by atoms with Crippen molar-refractivity contribution >= 4 is 22.1 Å². The van der Waals surface area contributed by atoms with Crippen molar-refractivity contribution in [2.75, 3.05) is 60.0 Å². The Morgan fingerprint density at radius 1 is 0.892 bits per heavy atom. The molecule has 0 amide bonds. The van der Waals surface area contributed by atoms with Gasteiger partial charge in [0.25, 0.3) is 16.1 Å². The molecule has 12 heteroatoms. The molecule has 0 aromatic carbocycles. The molecule has 2 heterocycles. The van der Waals surface area contributed by atoms with Crippen molar-refractivity contribution in [3.05, 3.63) is 0 Å². The van der Waals surface area contributed by atoms with Gasteiger partial charge in [0.15, 0.2) is 0 Å². The number of nitrogens with zero attached hydrogens (tertiary/aromatic N) is 4. The molecule has 2 aliphatic heterocycles. The smallest absolute Gasteiger partial charge is 0.371 e. The standard InChI is InChI=1S/C25H46N4O7S/c1-7-34-22(30)20-10-12-21(13-11-20)35-25(27-14-8-9-15-27,23(31)36-24(2,3)4)28-16-18-29(19-17-28)37(32,33)26(5)6/h20-21H,7-19H2,1-6H3. The van der Waals surface area contributed by atoms with Crippen molar-refractivity contribution in [3.63, 3.8) is 0 Å². The van der Waals surface area contributed by atoms with E-state index in [4.69, 9.17) is 14.2 Å². The fourth-order valence-electron chi connectivity index (χ4n) is 5.38. The van der Waals surface area contributed by atoms with E-state index in [1.165, 1.54) is 22.7 Å². The van der Waals surface area contributed by atoms with Gasteiger partial charge >= 0.3 is 11.9 Å². The third kappa shape index (κ3) is 7.02. The van der Waals surface area contributed by atoms with Gasteiger partial charge in [0, 0.05) is 53.4 Å². The number of hydrogen-bond donors (Lipinski definition) is 0. The summed E-state index contributed by atoms with van der Waals surface area (Å²) in [4.78, 5) is 30.3. The van der Waals surface area contributed by atoms with Gasteiger partial charge in [-0.2, -0.15) is 17.0 Å². The highest BCUT2D eigenvalue weighted by molar-refractivity contribution is 7.86. The van der Waals surface area contributed by atoms with Crippen LogP contribution in [0, 0.1) is 5.92 Å². The molecule has 0 N–H and O–H groups in total. The van der Waals surface area contributed by atoms with E-state index in [1.54, 1.807) is 6.92 Å². The fourth-order valence-corrected chi connectivity index (χ4v) is 6.47. The highest BCUT2D eigenvalue weighted by Gasteiger charge is 2.56. The van der Waals surface area contributed by atoms with Crippen molar-refractivity contribution in [1.82, 2.24) is 18.4 Å². The normalized spacial score (nSPS) is 26.7. The number of esters is 2. The van der Waals surface area contributed by atoms with Gasteiger partial charge in [-0.1, -0.05) is 0 Å². The molecular formula is C25H46N4O7S. The lowest BCUT2D eigenvalue weighted by Crippen LogP contribution is -2.71. The lowest BCUT2D eigenvalue weighted by Gasteiger charge is -2.51. The Labute approximate surface area is 222 Å². The first-order valence-electron chi connectivity index (χ1n) is 13.6. The predicted octanol–water partition coefficient (Wildman–Crippen LogP) is 1.64. The van der Waals surface area contributed by atoms with E-state index in [1.807, 2.05) is 25.7 Å². The molecule has 3 fully saturated rings. The van der Waals surface area contributed by atoms with Crippen LogP contribution < -0.4 is 0 Å². The summed E-state index contributed by atoms with van der Waals surface area (Å²) in [7, 11) is -0.517. The second-order valence-electron chi connectivity index (χ2n) is 11.3. The van der Waals surface area contributed by atoms with Crippen LogP contribution in [0.2, 0.25) is 0 Å². The minimum Gasteiger partial charge on any atom is -0.466 e. The predicted molar refractivity (Wildman–Crippen MR) is 139 cm³/mol. The molecule has 1 aliphatic carbocycles. The number of piperazine rings is 1. The Morgan fingerprint density at radius 2 is 1.43 bits per heavy atom. The molecule has 214 valence electrons. The van der Waals surface area contributed by atoms with Gasteiger partial charge in [-0.3, -0.25) is 14.6 Å². The average molecular weight is 547 g/mol. The molecule has 2 saturated heterocycles. The first-order chi connectivity index (χ1) is 17.3. The Hall–Kier alpha value is -1.31. The molecule has 3 rings (SSSR count). The molecule has 0 spiro atoms. The maximum atomic E-state index is 14.0. The number of ether oxygens (including phenoxy) is 3. The van der Waals surface area contributed by atoms with E-state index < -0.39 is 27.6 Å². The van der Waals surface area contributed by atoms with E-state index in [-0.39, 0.29) is 31.1 Å². The second-order valence-corrected chi connectivity index (χ2v) is 13.5. The van der Waals surface area contributed by atoms with Gasteiger partial charge in [0.05, 0.1) is 18.6 Å². The SMILES string of the molecule is CCOC(=O)C1CCC(OC(C(=O)OC(C)(C)C)(N2CCCC2)N2CCN(S(=O)(=O)N(C)C)CC2)CC1. The molecule has 0 bridgehead atoms. The Kier molecular flexibility index (Phi) is 10.0. The zero-order valence-corrected chi connectivity index (χ0v) is 24.2. The summed E-state index contributed by atoms with van der Waals surface area (Å²) in [6, 6.07) is 0. The Bertz CT molecular complexity index is 885. The van der Waals surface area contributed by atoms with Gasteiger partial charge in [-0.25, -0.2) is 4.79 Å². The highest BCUT2D eigenvalue weighted by Crippen LogP contribution is 2.37. The van der Waals surface area contributed by atoms with Crippen LogP contribution >= 0.6 is 0 Å². The van der Waals surface area contributed by atoms with Crippen molar-refractivity contribution in [2.45, 2.75) is 83.8 Å². The molecule has 11 nitrogen and oxygen atoms in total. The molecular weight excluding hydrogens is 500 g/mol. The minimum absolute atomic E-state index is 0.151. The van der Waals surface area contributed by atoms with Crippen molar-refractivity contribution in [2.24, 2.45) is 5.92 Å². The van der Waals surface area contributed by atoms with Crippen LogP contribution in [0.1, 0.15) is 66.2 Å². The monoisotopic (exact) mass is 546 g/mol. The van der Waals surface area contributed by atoms with Crippen molar-refractivity contribution in [3.8, 4) is 0 Å². The lowest BCUT2D eigenvalue weighted by atomic mass is 9.87. The van der Waals surface area contributed by atoms with Gasteiger partial charge in [-0.15, -0.1) is 0 Å². The Morgan fingerprint density at radius 3 is 1.92 bits per heavy atom. The summed E-state index contributed by atoms with van der Waals surface area (Å²) in [5.41, 5.74) is -0.719. The van der Waals surface area contributed by atoms with Crippen LogP contribution in [0.5, 0.6) is 0 Å². The second kappa shape index (κ2) is 12.3. The summed E-state index contributed by atoms with van der Waals surface area (Å²) < 4.78 is 46.1. The fraction of sp³-hybridized carbons (Fsp3) is 0.920. The third-order valence-corrected chi connectivity index (χ3v) is 9.22. The number of carbonyl (C=O) groups excluding carboxylic acids is 2. The summed E-state index contributed by atoms with van der Waals surface area (Å²) in [5, 5.41) is 0. The Balaban J connectivity index is 1.87. The van der Waals surface area contributed by atoms with Crippen LogP contribution in [-0.2, 0) is 34.0 Å². The van der Waals surface area contributed by atoms with Crippen molar-refractivity contribution in [1.29, 1.82) is 0 Å². The molecule has 0 aromatic rings. The van der Waals surface area contributed by atoms with Gasteiger partial charge in [0.1, 0.15) is 5.60 Å². The maximum absolute atomic E-state index is 14.0. The zero-order chi connectivity index (χ0) is 27.4. The van der Waals surface area contributed by atoms with Crippen LogP contribution in [0.3, 0.4) is 0 Å². The van der Waals surface area contributed by atoms with E-state index in [2.05, 4.69) is 4.90 Å². The summed E-state index contributed by atoms with van der Waals surface area (Å²) in [6.45, 7) is 10.2. The van der Waals surface area contributed by atoms with Crippen LogP contribution in [-0.4, -0.2) is 116 Å². The summed E-state index contributed by atoms with van der Waals surface area (Å²) in [5.74, 6) is -2.23. The first kappa shape index (κ1) is 30.2. The topological polar surface area (TPSA) is 109 Å². The quantitative estimate of drug-likeness (QED) is 0.399. The molecule has 0 radical (unpaired) electrons. The third-order valence-electron chi connectivity index (χ3n) is 7.28. The van der Waals surface area contributed by atoms with E-state index in [0.717, 1.165) is 12.8 Å². The average Bonchev–Trinajstić information content (AvgIpc) is 3.37. The molecule has 0 aromatic heterocycles. The van der Waals surface area contributed by atoms with Crippen molar-refractivity contribution < 1.29 is 32.2 Å². The summed E-state index contributed by atoms with van der Waals surface area (Å²) in [6.07, 6.45) is 4.21. The maximum Gasteiger partial charge on any atom is 0.371 e. The zero-order valence-electron chi connectivity index (χ0n) is 23.4. The highest BCUT2D eigenvalue weighted by atomic mass is 32.2. The van der Waals surface area contributed by atoms with Gasteiger partial charge in [0.2, 0.25) is 0 Å². The van der Waals surface area contributed by atoms with E-state index in [0.29, 0.717) is 58.5 Å².